The molecular weight excluding hydrogens is 523 g/mol. The summed E-state index contributed by atoms with van der Waals surface area (Å²) in [6, 6.07) is 8.88. The molecule has 0 aliphatic carbocycles. The Morgan fingerprint density at radius 1 is 1.21 bits per heavy atom. The molecule has 2 aromatic carbocycles. The number of rotatable bonds is 6. The molecule has 5 rings (SSSR count). The number of pyridine rings is 1. The number of amides is 2. The number of aryl methyl sites for hydroxylation is 2. The van der Waals surface area contributed by atoms with Gasteiger partial charge in [-0.25, -0.2) is 19.0 Å². The number of hydrogen-bond acceptors (Lipinski definition) is 6. The summed E-state index contributed by atoms with van der Waals surface area (Å²) in [5.74, 6) is 0.258. The average Bonchev–Trinajstić information content (AvgIpc) is 3.33. The number of para-hydroxylation sites is 1. The number of hydrogen-bond donors (Lipinski definition) is 0. The smallest absolute Gasteiger partial charge is 0.246 e. The molecule has 0 bridgehead atoms. The summed E-state index contributed by atoms with van der Waals surface area (Å²) < 4.78 is 22.5. The Morgan fingerprint density at radius 3 is 2.69 bits per heavy atom. The van der Waals surface area contributed by atoms with Gasteiger partial charge in [-0.05, 0) is 50.6 Å². The summed E-state index contributed by atoms with van der Waals surface area (Å²) in [5, 5.41) is 5.19. The van der Waals surface area contributed by atoms with Crippen LogP contribution in [0.2, 0.25) is 5.02 Å². The number of nitrogens with zero attached hydrogens (tertiary/aromatic N) is 6. The van der Waals surface area contributed by atoms with Crippen molar-refractivity contribution in [1.29, 1.82) is 0 Å². The first-order valence-electron chi connectivity index (χ1n) is 12.5. The second kappa shape index (κ2) is 10.3. The van der Waals surface area contributed by atoms with E-state index in [1.807, 2.05) is 32.2 Å². The molecule has 1 aliphatic rings. The normalized spacial score (nSPS) is 16.7. The molecule has 0 unspecified atom stereocenters. The average molecular weight is 551 g/mol. The van der Waals surface area contributed by atoms with Crippen LogP contribution in [0.5, 0.6) is 5.75 Å². The summed E-state index contributed by atoms with van der Waals surface area (Å²) >= 11 is 6.52. The summed E-state index contributed by atoms with van der Waals surface area (Å²) in [7, 11) is 3.42. The Labute approximate surface area is 230 Å². The molecule has 2 aromatic heterocycles. The molecule has 1 aliphatic heterocycles. The molecule has 0 radical (unpaired) electrons. The van der Waals surface area contributed by atoms with Crippen molar-refractivity contribution in [3.63, 3.8) is 0 Å². The summed E-state index contributed by atoms with van der Waals surface area (Å²) in [4.78, 5) is 37.5. The lowest BCUT2D eigenvalue weighted by molar-refractivity contribution is -0.155. The number of benzene rings is 2. The highest BCUT2D eigenvalue weighted by Gasteiger charge is 2.37. The highest BCUT2D eigenvalue weighted by Crippen LogP contribution is 2.35. The van der Waals surface area contributed by atoms with Crippen LogP contribution in [0.3, 0.4) is 0 Å². The van der Waals surface area contributed by atoms with Gasteiger partial charge in [0.25, 0.3) is 0 Å². The number of likely N-dealkylation sites (N-methyl/N-ethyl adjacent to an activating group) is 1. The maximum absolute atomic E-state index is 14.5. The minimum absolute atomic E-state index is 0.00174. The predicted octanol–water partition coefficient (Wildman–Crippen LogP) is 4.46. The molecule has 4 aromatic rings. The first-order valence-corrected chi connectivity index (χ1v) is 12.9. The first-order chi connectivity index (χ1) is 18.6. The fraction of sp³-hybridized carbons (Fsp3) is 0.321. The van der Waals surface area contributed by atoms with Gasteiger partial charge < -0.3 is 14.5 Å². The molecule has 11 heteroatoms. The van der Waals surface area contributed by atoms with Gasteiger partial charge in [0.1, 0.15) is 42.6 Å². The molecule has 0 saturated carbocycles. The van der Waals surface area contributed by atoms with Gasteiger partial charge in [-0.3, -0.25) is 9.59 Å². The molecule has 2 atom stereocenters. The zero-order chi connectivity index (χ0) is 28.0. The largest absolute Gasteiger partial charge is 0.487 e. The monoisotopic (exact) mass is 550 g/mol. The zero-order valence-corrected chi connectivity index (χ0v) is 23.0. The van der Waals surface area contributed by atoms with Crippen LogP contribution in [0.4, 0.5) is 4.39 Å². The third-order valence-corrected chi connectivity index (χ3v) is 7.62. The highest BCUT2D eigenvalue weighted by atomic mass is 35.5. The Hall–Kier alpha value is -4.05. The van der Waals surface area contributed by atoms with Crippen molar-refractivity contribution in [2.24, 2.45) is 7.05 Å². The molecular formula is C28H28ClFN6O3. The van der Waals surface area contributed by atoms with Crippen LogP contribution in [0.25, 0.3) is 22.3 Å². The van der Waals surface area contributed by atoms with Gasteiger partial charge in [-0.15, -0.1) is 0 Å². The standard InChI is InChI=1S/C28H28ClFN6O3/c1-15-9-21(27-31-14-32-35(27)5)19-7-6-8-24(26(19)33-15)39-13-22-20(10-18(30)11-23(22)29)16(2)36-12-25(37)34(4)17(3)28(36)38/h6-11,14,16-17H,12-13H2,1-5H3/t16-,17+/m0/s1. The van der Waals surface area contributed by atoms with Crippen molar-refractivity contribution >= 4 is 34.3 Å². The van der Waals surface area contributed by atoms with Gasteiger partial charge in [0.05, 0.1) is 11.1 Å². The van der Waals surface area contributed by atoms with Gasteiger partial charge in [-0.2, -0.15) is 5.10 Å². The molecule has 0 spiro atoms. The third-order valence-electron chi connectivity index (χ3n) is 7.29. The predicted molar refractivity (Wildman–Crippen MR) is 145 cm³/mol. The summed E-state index contributed by atoms with van der Waals surface area (Å²) in [5.41, 5.74) is 3.28. The van der Waals surface area contributed by atoms with E-state index < -0.39 is 17.9 Å². The van der Waals surface area contributed by atoms with Gasteiger partial charge >= 0.3 is 0 Å². The Bertz CT molecular complexity index is 1610. The maximum Gasteiger partial charge on any atom is 0.246 e. The minimum atomic E-state index is -0.620. The first kappa shape index (κ1) is 26.6. The van der Waals surface area contributed by atoms with Gasteiger partial charge in [-0.1, -0.05) is 23.7 Å². The van der Waals surface area contributed by atoms with Crippen LogP contribution in [-0.2, 0) is 23.2 Å². The van der Waals surface area contributed by atoms with E-state index in [-0.39, 0.29) is 30.0 Å². The quantitative estimate of drug-likeness (QED) is 0.352. The fourth-order valence-corrected chi connectivity index (χ4v) is 5.21. The molecule has 9 nitrogen and oxygen atoms in total. The second-order valence-corrected chi connectivity index (χ2v) is 10.1. The number of halogens is 2. The van der Waals surface area contributed by atoms with E-state index in [0.29, 0.717) is 28.2 Å². The molecule has 39 heavy (non-hydrogen) atoms. The number of piperazine rings is 1. The fourth-order valence-electron chi connectivity index (χ4n) is 4.94. The van der Waals surface area contributed by atoms with Crippen molar-refractivity contribution in [3.05, 3.63) is 70.4 Å². The van der Waals surface area contributed by atoms with Gasteiger partial charge in [0.2, 0.25) is 11.8 Å². The van der Waals surface area contributed by atoms with E-state index in [9.17, 15) is 14.0 Å². The topological polar surface area (TPSA) is 93.5 Å². The van der Waals surface area contributed by atoms with Crippen LogP contribution in [0, 0.1) is 12.7 Å². The number of carbonyl (C=O) groups excluding carboxylic acids is 2. The van der Waals surface area contributed by atoms with E-state index in [1.54, 1.807) is 31.6 Å². The van der Waals surface area contributed by atoms with E-state index in [1.165, 1.54) is 28.3 Å². The van der Waals surface area contributed by atoms with E-state index >= 15 is 0 Å². The number of carbonyl (C=O) groups is 2. The van der Waals surface area contributed by atoms with Crippen molar-refractivity contribution in [1.82, 2.24) is 29.5 Å². The van der Waals surface area contributed by atoms with Crippen LogP contribution >= 0.6 is 11.6 Å². The lowest BCUT2D eigenvalue weighted by Crippen LogP contribution is -2.57. The lowest BCUT2D eigenvalue weighted by atomic mass is 9.98. The van der Waals surface area contributed by atoms with Gasteiger partial charge in [0, 0.05) is 36.3 Å². The number of ether oxygens (including phenoxy) is 1. The molecule has 3 heterocycles. The second-order valence-electron chi connectivity index (χ2n) is 9.74. The zero-order valence-electron chi connectivity index (χ0n) is 22.3. The minimum Gasteiger partial charge on any atom is -0.487 e. The van der Waals surface area contributed by atoms with Gasteiger partial charge in [0.15, 0.2) is 5.82 Å². The van der Waals surface area contributed by atoms with E-state index in [0.717, 1.165) is 16.6 Å². The van der Waals surface area contributed by atoms with Crippen molar-refractivity contribution in [2.45, 2.75) is 39.5 Å². The highest BCUT2D eigenvalue weighted by molar-refractivity contribution is 6.31. The molecule has 1 saturated heterocycles. The van der Waals surface area contributed by atoms with E-state index in [4.69, 9.17) is 21.3 Å². The number of fused-ring (bicyclic) bond motifs is 1. The molecule has 2 amide bonds. The van der Waals surface area contributed by atoms with Crippen LogP contribution < -0.4 is 4.74 Å². The van der Waals surface area contributed by atoms with Crippen LogP contribution in [0.15, 0.2) is 42.7 Å². The van der Waals surface area contributed by atoms with Crippen LogP contribution in [-0.4, -0.2) is 61.0 Å². The molecule has 1 fully saturated rings. The maximum atomic E-state index is 14.5. The van der Waals surface area contributed by atoms with E-state index in [2.05, 4.69) is 10.1 Å². The molecule has 202 valence electrons. The SMILES string of the molecule is Cc1cc(-c2ncnn2C)c2cccc(OCc3c(Cl)cc(F)cc3[C@H](C)N3CC(=O)N(C)[C@H](C)C3=O)c2n1. The Balaban J connectivity index is 1.51. The molecule has 0 N–H and O–H groups in total. The van der Waals surface area contributed by atoms with Crippen molar-refractivity contribution in [2.75, 3.05) is 13.6 Å². The van der Waals surface area contributed by atoms with Crippen molar-refractivity contribution in [3.8, 4) is 17.1 Å². The van der Waals surface area contributed by atoms with Crippen molar-refractivity contribution < 1.29 is 18.7 Å². The third kappa shape index (κ3) is 4.80. The lowest BCUT2D eigenvalue weighted by Gasteiger charge is -2.40. The summed E-state index contributed by atoms with van der Waals surface area (Å²) in [6.07, 6.45) is 1.50. The Kier molecular flexibility index (Phi) is 6.98. The van der Waals surface area contributed by atoms with Crippen LogP contribution in [0.1, 0.15) is 36.7 Å². The Morgan fingerprint density at radius 2 is 1.97 bits per heavy atom. The number of aromatic nitrogens is 4. The summed E-state index contributed by atoms with van der Waals surface area (Å²) in [6.45, 7) is 5.22.